The van der Waals surface area contributed by atoms with Crippen LogP contribution in [-0.2, 0) is 4.79 Å². The van der Waals surface area contributed by atoms with Crippen molar-refractivity contribution in [1.29, 1.82) is 0 Å². The number of ketones is 1. The summed E-state index contributed by atoms with van der Waals surface area (Å²) in [4.78, 5) is 25.3. The summed E-state index contributed by atoms with van der Waals surface area (Å²) in [6.45, 7) is 2.63. The zero-order valence-electron chi connectivity index (χ0n) is 10.0. The third kappa shape index (κ3) is 2.48. The van der Waals surface area contributed by atoms with Crippen molar-refractivity contribution < 1.29 is 14.7 Å². The number of benzene rings is 1. The molecule has 0 radical (unpaired) electrons. The van der Waals surface area contributed by atoms with Gasteiger partial charge < -0.3 is 10.0 Å². The molecule has 0 spiro atoms. The SMILES string of the molecule is CC1CN(C(=O)c2cc(O)ccc2Cl)CCC1=O. The van der Waals surface area contributed by atoms with Gasteiger partial charge in [-0.1, -0.05) is 18.5 Å². The molecule has 1 aromatic carbocycles. The molecule has 1 unspecified atom stereocenters. The third-order valence-electron chi connectivity index (χ3n) is 3.14. The van der Waals surface area contributed by atoms with Crippen LogP contribution in [0.25, 0.3) is 0 Å². The molecular formula is C13H14ClNO3. The summed E-state index contributed by atoms with van der Waals surface area (Å²) in [5.41, 5.74) is 0.276. The van der Waals surface area contributed by atoms with Crippen molar-refractivity contribution >= 4 is 23.3 Å². The van der Waals surface area contributed by atoms with Crippen LogP contribution in [0.15, 0.2) is 18.2 Å². The maximum atomic E-state index is 12.2. The van der Waals surface area contributed by atoms with Gasteiger partial charge in [0.25, 0.3) is 5.91 Å². The Kier molecular flexibility index (Phi) is 3.57. The number of halogens is 1. The summed E-state index contributed by atoms with van der Waals surface area (Å²) in [5.74, 6) is -0.195. The summed E-state index contributed by atoms with van der Waals surface area (Å²) in [7, 11) is 0. The number of phenols is 1. The smallest absolute Gasteiger partial charge is 0.255 e. The van der Waals surface area contributed by atoms with Crippen molar-refractivity contribution in [1.82, 2.24) is 4.90 Å². The number of hydrogen-bond acceptors (Lipinski definition) is 3. The van der Waals surface area contributed by atoms with Gasteiger partial charge in [-0.2, -0.15) is 0 Å². The van der Waals surface area contributed by atoms with E-state index in [1.165, 1.54) is 18.2 Å². The number of amides is 1. The molecule has 1 aliphatic rings. The predicted molar refractivity (Wildman–Crippen MR) is 67.8 cm³/mol. The van der Waals surface area contributed by atoms with Crippen LogP contribution in [0.2, 0.25) is 5.02 Å². The van der Waals surface area contributed by atoms with Gasteiger partial charge in [-0.05, 0) is 18.2 Å². The van der Waals surface area contributed by atoms with E-state index >= 15 is 0 Å². The number of hydrogen-bond donors (Lipinski definition) is 1. The molecule has 1 saturated heterocycles. The van der Waals surface area contributed by atoms with Gasteiger partial charge in [0.15, 0.2) is 0 Å². The summed E-state index contributed by atoms with van der Waals surface area (Å²) in [6, 6.07) is 4.27. The number of carbonyl (C=O) groups excluding carboxylic acids is 2. The predicted octanol–water partition coefficient (Wildman–Crippen LogP) is 2.10. The van der Waals surface area contributed by atoms with Gasteiger partial charge in [0.1, 0.15) is 11.5 Å². The van der Waals surface area contributed by atoms with Crippen LogP contribution in [0.4, 0.5) is 0 Å². The second-order valence-corrected chi connectivity index (χ2v) is 4.94. The fourth-order valence-electron chi connectivity index (χ4n) is 2.05. The number of piperidine rings is 1. The minimum Gasteiger partial charge on any atom is -0.508 e. The average Bonchev–Trinajstić information content (AvgIpc) is 2.35. The van der Waals surface area contributed by atoms with Crippen molar-refractivity contribution in [2.24, 2.45) is 5.92 Å². The molecule has 1 atom stereocenters. The lowest BCUT2D eigenvalue weighted by molar-refractivity contribution is -0.124. The van der Waals surface area contributed by atoms with Crippen molar-refractivity contribution in [3.05, 3.63) is 28.8 Å². The highest BCUT2D eigenvalue weighted by molar-refractivity contribution is 6.33. The molecule has 1 fully saturated rings. The van der Waals surface area contributed by atoms with Gasteiger partial charge in [-0.3, -0.25) is 9.59 Å². The Morgan fingerprint density at radius 2 is 2.22 bits per heavy atom. The Morgan fingerprint density at radius 3 is 2.89 bits per heavy atom. The maximum Gasteiger partial charge on any atom is 0.255 e. The van der Waals surface area contributed by atoms with E-state index in [0.29, 0.717) is 24.5 Å². The number of nitrogens with zero attached hydrogens (tertiary/aromatic N) is 1. The van der Waals surface area contributed by atoms with E-state index in [0.717, 1.165) is 0 Å². The zero-order chi connectivity index (χ0) is 13.3. The Labute approximate surface area is 110 Å². The Balaban J connectivity index is 2.21. The number of aromatic hydroxyl groups is 1. The van der Waals surface area contributed by atoms with E-state index in [9.17, 15) is 14.7 Å². The second kappa shape index (κ2) is 4.98. The molecule has 4 nitrogen and oxygen atoms in total. The summed E-state index contributed by atoms with van der Waals surface area (Å²) in [5, 5.41) is 9.70. The Bertz CT molecular complexity index is 501. The van der Waals surface area contributed by atoms with E-state index < -0.39 is 0 Å². The molecule has 2 rings (SSSR count). The minimum atomic E-state index is -0.241. The molecule has 1 aliphatic heterocycles. The van der Waals surface area contributed by atoms with Crippen LogP contribution in [0.3, 0.4) is 0 Å². The van der Waals surface area contributed by atoms with E-state index in [4.69, 9.17) is 11.6 Å². The lowest BCUT2D eigenvalue weighted by atomic mass is 9.98. The molecule has 5 heteroatoms. The van der Waals surface area contributed by atoms with Crippen molar-refractivity contribution in [3.8, 4) is 5.75 Å². The molecule has 0 aromatic heterocycles. The van der Waals surface area contributed by atoms with Crippen molar-refractivity contribution in [2.45, 2.75) is 13.3 Å². The van der Waals surface area contributed by atoms with Gasteiger partial charge in [0.05, 0.1) is 10.6 Å². The quantitative estimate of drug-likeness (QED) is 0.848. The zero-order valence-corrected chi connectivity index (χ0v) is 10.8. The van der Waals surface area contributed by atoms with Gasteiger partial charge in [0.2, 0.25) is 0 Å². The average molecular weight is 268 g/mol. The molecule has 1 aromatic rings. The van der Waals surface area contributed by atoms with Crippen LogP contribution in [0, 0.1) is 5.92 Å². The summed E-state index contributed by atoms with van der Waals surface area (Å²) >= 11 is 5.95. The van der Waals surface area contributed by atoms with E-state index in [-0.39, 0.29) is 28.9 Å². The molecular weight excluding hydrogens is 254 g/mol. The maximum absolute atomic E-state index is 12.2. The van der Waals surface area contributed by atoms with E-state index in [1.54, 1.807) is 4.90 Å². The standard InChI is InChI=1S/C13H14ClNO3/c1-8-7-15(5-4-12(8)17)13(18)10-6-9(16)2-3-11(10)14/h2-3,6,8,16H,4-5,7H2,1H3. The van der Waals surface area contributed by atoms with Gasteiger partial charge in [-0.15, -0.1) is 0 Å². The van der Waals surface area contributed by atoms with Crippen LogP contribution < -0.4 is 0 Å². The fraction of sp³-hybridized carbons (Fsp3) is 0.385. The molecule has 0 saturated carbocycles. The van der Waals surface area contributed by atoms with E-state index in [1.807, 2.05) is 6.92 Å². The fourth-order valence-corrected chi connectivity index (χ4v) is 2.25. The van der Waals surface area contributed by atoms with Crippen molar-refractivity contribution in [2.75, 3.05) is 13.1 Å². The normalized spacial score (nSPS) is 20.0. The topological polar surface area (TPSA) is 57.6 Å². The van der Waals surface area contributed by atoms with Crippen LogP contribution in [0.1, 0.15) is 23.7 Å². The van der Waals surface area contributed by atoms with Crippen LogP contribution in [0.5, 0.6) is 5.75 Å². The first kappa shape index (κ1) is 12.9. The first-order valence-electron chi connectivity index (χ1n) is 5.79. The highest BCUT2D eigenvalue weighted by atomic mass is 35.5. The molecule has 1 amide bonds. The summed E-state index contributed by atoms with van der Waals surface area (Å²) < 4.78 is 0. The van der Waals surface area contributed by atoms with Gasteiger partial charge in [0, 0.05) is 25.4 Å². The number of rotatable bonds is 1. The lowest BCUT2D eigenvalue weighted by Gasteiger charge is -2.30. The van der Waals surface area contributed by atoms with Gasteiger partial charge in [-0.25, -0.2) is 0 Å². The second-order valence-electron chi connectivity index (χ2n) is 4.53. The third-order valence-corrected chi connectivity index (χ3v) is 3.47. The van der Waals surface area contributed by atoms with Gasteiger partial charge >= 0.3 is 0 Å². The lowest BCUT2D eigenvalue weighted by Crippen LogP contribution is -2.43. The molecule has 96 valence electrons. The Morgan fingerprint density at radius 1 is 1.50 bits per heavy atom. The molecule has 0 aliphatic carbocycles. The first-order valence-corrected chi connectivity index (χ1v) is 6.17. The highest BCUT2D eigenvalue weighted by Crippen LogP contribution is 2.24. The number of phenolic OH excluding ortho intramolecular Hbond substituents is 1. The van der Waals surface area contributed by atoms with Crippen LogP contribution >= 0.6 is 11.6 Å². The van der Waals surface area contributed by atoms with Crippen molar-refractivity contribution in [3.63, 3.8) is 0 Å². The number of carbonyl (C=O) groups is 2. The molecule has 1 N–H and O–H groups in total. The number of Topliss-reactive ketones (excluding diaryl/α,β-unsaturated/α-hetero) is 1. The highest BCUT2D eigenvalue weighted by Gasteiger charge is 2.28. The van der Waals surface area contributed by atoms with E-state index in [2.05, 4.69) is 0 Å². The Hall–Kier alpha value is -1.55. The minimum absolute atomic E-state index is 0.00360. The first-order chi connectivity index (χ1) is 8.49. The summed E-state index contributed by atoms with van der Waals surface area (Å²) in [6.07, 6.45) is 0.378. The molecule has 0 bridgehead atoms. The molecule has 1 heterocycles. The monoisotopic (exact) mass is 267 g/mol. The largest absolute Gasteiger partial charge is 0.508 e. The van der Waals surface area contributed by atoms with Crippen LogP contribution in [-0.4, -0.2) is 34.8 Å². The number of likely N-dealkylation sites (tertiary alicyclic amines) is 1. The molecule has 18 heavy (non-hydrogen) atoms.